The molecular weight excluding hydrogens is 222 g/mol. The number of thiocarbonyl (C=S) groups is 1. The molecule has 1 aromatic carbocycles. The molecule has 5 heteroatoms. The van der Waals surface area contributed by atoms with Crippen LogP contribution in [0.1, 0.15) is 18.4 Å². The smallest absolute Gasteiger partial charge is 0.249 e. The van der Waals surface area contributed by atoms with Gasteiger partial charge in [-0.05, 0) is 30.6 Å². The van der Waals surface area contributed by atoms with Crippen molar-refractivity contribution in [2.45, 2.75) is 18.3 Å². The zero-order chi connectivity index (χ0) is 11.6. The highest BCUT2D eigenvalue weighted by molar-refractivity contribution is 7.80. The first kappa shape index (κ1) is 10.9. The molecule has 0 heterocycles. The van der Waals surface area contributed by atoms with Crippen molar-refractivity contribution in [3.8, 4) is 0 Å². The number of carbonyl (C=O) groups is 1. The largest absolute Gasteiger partial charge is 0.375 e. The molecule has 0 spiro atoms. The maximum Gasteiger partial charge on any atom is 0.249 e. The van der Waals surface area contributed by atoms with Crippen LogP contribution in [0.25, 0.3) is 0 Å². The summed E-state index contributed by atoms with van der Waals surface area (Å²) in [6.07, 6.45) is 1.73. The molecule has 2 rings (SSSR count). The minimum Gasteiger partial charge on any atom is -0.375 e. The number of nitrogens with one attached hydrogen (secondary N) is 2. The van der Waals surface area contributed by atoms with Crippen molar-refractivity contribution in [2.75, 3.05) is 0 Å². The van der Waals surface area contributed by atoms with Crippen LogP contribution in [-0.2, 0) is 10.2 Å². The molecule has 0 aliphatic heterocycles. The van der Waals surface area contributed by atoms with Gasteiger partial charge in [0, 0.05) is 0 Å². The zero-order valence-corrected chi connectivity index (χ0v) is 9.51. The van der Waals surface area contributed by atoms with E-state index in [0.29, 0.717) is 0 Å². The summed E-state index contributed by atoms with van der Waals surface area (Å²) in [7, 11) is 0. The summed E-state index contributed by atoms with van der Waals surface area (Å²) in [6, 6.07) is 9.73. The van der Waals surface area contributed by atoms with Crippen molar-refractivity contribution in [3.63, 3.8) is 0 Å². The van der Waals surface area contributed by atoms with Gasteiger partial charge in [-0.15, -0.1) is 0 Å². The van der Waals surface area contributed by atoms with Crippen molar-refractivity contribution in [2.24, 2.45) is 5.73 Å². The predicted octanol–water partition coefficient (Wildman–Crippen LogP) is 0.583. The van der Waals surface area contributed by atoms with Gasteiger partial charge in [0.05, 0.1) is 5.41 Å². The van der Waals surface area contributed by atoms with Crippen LogP contribution >= 0.6 is 12.2 Å². The number of hydrogen-bond donors (Lipinski definition) is 3. The molecule has 0 atom stereocenters. The molecule has 0 radical (unpaired) electrons. The Balaban J connectivity index is 2.09. The molecule has 0 aromatic heterocycles. The van der Waals surface area contributed by atoms with Crippen LogP contribution in [0.4, 0.5) is 0 Å². The Hall–Kier alpha value is -1.62. The normalized spacial score (nSPS) is 16.2. The van der Waals surface area contributed by atoms with E-state index in [9.17, 15) is 4.79 Å². The van der Waals surface area contributed by atoms with Crippen LogP contribution in [0.5, 0.6) is 0 Å². The third-order valence-corrected chi connectivity index (χ3v) is 2.91. The summed E-state index contributed by atoms with van der Waals surface area (Å²) in [5.74, 6) is -0.0773. The molecule has 1 aliphatic carbocycles. The Morgan fingerprint density at radius 2 is 1.88 bits per heavy atom. The number of nitrogens with two attached hydrogens (primary N) is 1. The second kappa shape index (κ2) is 4.09. The van der Waals surface area contributed by atoms with Crippen molar-refractivity contribution in [1.29, 1.82) is 0 Å². The SMILES string of the molecule is NC(=S)NNC(=O)C1(c2ccccc2)CC1. The molecule has 0 saturated heterocycles. The van der Waals surface area contributed by atoms with Crippen molar-refractivity contribution < 1.29 is 4.79 Å². The minimum atomic E-state index is -0.390. The van der Waals surface area contributed by atoms with Gasteiger partial charge in [-0.2, -0.15) is 0 Å². The van der Waals surface area contributed by atoms with E-state index >= 15 is 0 Å². The quantitative estimate of drug-likeness (QED) is 0.518. The second-order valence-electron chi connectivity index (χ2n) is 3.89. The molecule has 84 valence electrons. The summed E-state index contributed by atoms with van der Waals surface area (Å²) in [5, 5.41) is 0.0669. The van der Waals surface area contributed by atoms with Gasteiger partial charge < -0.3 is 5.73 Å². The standard InChI is InChI=1S/C11H13N3OS/c12-10(16)14-13-9(15)11(6-7-11)8-4-2-1-3-5-8/h1-5H,6-7H2,(H,13,15)(H3,12,14,16). The number of amides is 1. The Bertz CT molecular complexity index is 414. The molecule has 0 bridgehead atoms. The van der Waals surface area contributed by atoms with Crippen molar-refractivity contribution >= 4 is 23.2 Å². The van der Waals surface area contributed by atoms with E-state index in [1.807, 2.05) is 30.3 Å². The predicted molar refractivity (Wildman–Crippen MR) is 65.4 cm³/mol. The molecule has 0 unspecified atom stereocenters. The fourth-order valence-corrected chi connectivity index (χ4v) is 1.82. The van der Waals surface area contributed by atoms with Gasteiger partial charge in [-0.1, -0.05) is 30.3 Å². The summed E-state index contributed by atoms with van der Waals surface area (Å²) >= 11 is 4.63. The minimum absolute atomic E-state index is 0.0669. The lowest BCUT2D eigenvalue weighted by Gasteiger charge is -2.15. The molecule has 16 heavy (non-hydrogen) atoms. The van der Waals surface area contributed by atoms with Crippen LogP contribution in [0.3, 0.4) is 0 Å². The lowest BCUT2D eigenvalue weighted by Crippen LogP contribution is -2.48. The first-order chi connectivity index (χ1) is 7.65. The van der Waals surface area contributed by atoms with Gasteiger partial charge in [0.2, 0.25) is 5.91 Å². The number of hydrazine groups is 1. The Morgan fingerprint density at radius 3 is 2.38 bits per heavy atom. The van der Waals surface area contributed by atoms with Gasteiger partial charge in [-0.3, -0.25) is 15.6 Å². The molecule has 1 saturated carbocycles. The van der Waals surface area contributed by atoms with Crippen LogP contribution in [0, 0.1) is 0 Å². The van der Waals surface area contributed by atoms with Crippen LogP contribution in [0.15, 0.2) is 30.3 Å². The first-order valence-corrected chi connectivity index (χ1v) is 5.47. The van der Waals surface area contributed by atoms with Crippen LogP contribution < -0.4 is 16.6 Å². The highest BCUT2D eigenvalue weighted by Gasteiger charge is 2.51. The number of benzene rings is 1. The third kappa shape index (κ3) is 1.99. The maximum absolute atomic E-state index is 11.9. The lowest BCUT2D eigenvalue weighted by molar-refractivity contribution is -0.124. The summed E-state index contributed by atoms with van der Waals surface area (Å²) in [5.41, 5.74) is 10.9. The van der Waals surface area contributed by atoms with E-state index in [1.165, 1.54) is 0 Å². The Morgan fingerprint density at radius 1 is 1.25 bits per heavy atom. The number of hydrogen-bond acceptors (Lipinski definition) is 2. The molecule has 1 aromatic rings. The Labute approximate surface area is 99.2 Å². The van der Waals surface area contributed by atoms with Crippen molar-refractivity contribution in [3.05, 3.63) is 35.9 Å². The molecule has 4 N–H and O–H groups in total. The maximum atomic E-state index is 11.9. The van der Waals surface area contributed by atoms with Crippen LogP contribution in [-0.4, -0.2) is 11.0 Å². The fourth-order valence-electron chi connectivity index (χ4n) is 1.77. The summed E-state index contributed by atoms with van der Waals surface area (Å²) in [4.78, 5) is 11.9. The summed E-state index contributed by atoms with van der Waals surface area (Å²) in [6.45, 7) is 0. The monoisotopic (exact) mass is 235 g/mol. The molecule has 1 fully saturated rings. The molecule has 4 nitrogen and oxygen atoms in total. The van der Waals surface area contributed by atoms with Gasteiger partial charge in [0.1, 0.15) is 0 Å². The van der Waals surface area contributed by atoms with E-state index < -0.39 is 0 Å². The van der Waals surface area contributed by atoms with Gasteiger partial charge >= 0.3 is 0 Å². The topological polar surface area (TPSA) is 67.2 Å². The first-order valence-electron chi connectivity index (χ1n) is 5.06. The summed E-state index contributed by atoms with van der Waals surface area (Å²) < 4.78 is 0. The van der Waals surface area contributed by atoms with Gasteiger partial charge in [0.15, 0.2) is 5.11 Å². The molecular formula is C11H13N3OS. The lowest BCUT2D eigenvalue weighted by atomic mass is 9.95. The molecule has 1 aliphatic rings. The van der Waals surface area contributed by atoms with E-state index in [1.54, 1.807) is 0 Å². The highest BCUT2D eigenvalue weighted by Crippen LogP contribution is 2.48. The van der Waals surface area contributed by atoms with Crippen molar-refractivity contribution in [1.82, 2.24) is 10.9 Å². The van der Waals surface area contributed by atoms with E-state index in [4.69, 9.17) is 5.73 Å². The van der Waals surface area contributed by atoms with Gasteiger partial charge in [0.25, 0.3) is 0 Å². The Kier molecular flexibility index (Phi) is 2.78. The van der Waals surface area contributed by atoms with E-state index in [0.717, 1.165) is 18.4 Å². The average molecular weight is 235 g/mol. The number of rotatable bonds is 2. The molecule has 1 amide bonds. The van der Waals surface area contributed by atoms with E-state index in [2.05, 4.69) is 23.1 Å². The number of carbonyl (C=O) groups excluding carboxylic acids is 1. The van der Waals surface area contributed by atoms with E-state index in [-0.39, 0.29) is 16.4 Å². The van der Waals surface area contributed by atoms with Gasteiger partial charge in [-0.25, -0.2) is 0 Å². The zero-order valence-electron chi connectivity index (χ0n) is 8.69. The average Bonchev–Trinajstić information content (AvgIpc) is 3.08. The van der Waals surface area contributed by atoms with Crippen LogP contribution in [0.2, 0.25) is 0 Å². The fraction of sp³-hybridized carbons (Fsp3) is 0.273. The third-order valence-electron chi connectivity index (χ3n) is 2.81. The second-order valence-corrected chi connectivity index (χ2v) is 4.33. The highest BCUT2D eigenvalue weighted by atomic mass is 32.1.